The Morgan fingerprint density at radius 2 is 2.24 bits per heavy atom. The second-order valence-electron chi connectivity index (χ2n) is 4.71. The van der Waals surface area contributed by atoms with E-state index in [0.29, 0.717) is 0 Å². The number of nitrogens with zero attached hydrogens (tertiary/aromatic N) is 1. The number of carbonyl (C=O) groups is 1. The summed E-state index contributed by atoms with van der Waals surface area (Å²) >= 11 is 0. The topological polar surface area (TPSA) is 29.5 Å². The molecule has 3 nitrogen and oxygen atoms in total. The summed E-state index contributed by atoms with van der Waals surface area (Å²) in [6.07, 6.45) is 9.97. The van der Waals surface area contributed by atoms with Crippen molar-refractivity contribution in [2.75, 3.05) is 20.2 Å². The molecule has 0 spiro atoms. The summed E-state index contributed by atoms with van der Waals surface area (Å²) in [4.78, 5) is 13.9. The van der Waals surface area contributed by atoms with Gasteiger partial charge in [-0.2, -0.15) is 0 Å². The first-order valence-corrected chi connectivity index (χ1v) is 6.72. The molecule has 1 rings (SSSR count). The predicted molar refractivity (Wildman–Crippen MR) is 69.9 cm³/mol. The molecular formula is C14H25NO2. The van der Waals surface area contributed by atoms with Gasteiger partial charge in [0.25, 0.3) is 0 Å². The van der Waals surface area contributed by atoms with Crippen LogP contribution in [-0.4, -0.2) is 37.1 Å². The van der Waals surface area contributed by atoms with Crippen LogP contribution in [0.3, 0.4) is 0 Å². The van der Waals surface area contributed by atoms with Crippen molar-refractivity contribution in [2.45, 2.75) is 51.0 Å². The maximum Gasteiger partial charge on any atom is 0.323 e. The summed E-state index contributed by atoms with van der Waals surface area (Å²) in [5.74, 6) is -0.0595. The Hall–Kier alpha value is -0.830. The highest BCUT2D eigenvalue weighted by Gasteiger charge is 2.28. The molecule has 0 unspecified atom stereocenters. The van der Waals surface area contributed by atoms with Gasteiger partial charge in [-0.1, -0.05) is 18.9 Å². The largest absolute Gasteiger partial charge is 0.468 e. The average molecular weight is 239 g/mol. The van der Waals surface area contributed by atoms with Crippen LogP contribution >= 0.6 is 0 Å². The minimum absolute atomic E-state index is 0.00755. The highest BCUT2D eigenvalue weighted by Crippen LogP contribution is 2.18. The quantitative estimate of drug-likeness (QED) is 0.389. The van der Waals surface area contributed by atoms with E-state index in [-0.39, 0.29) is 12.0 Å². The van der Waals surface area contributed by atoms with E-state index in [1.165, 1.54) is 32.8 Å². The number of hydrogen-bond donors (Lipinski definition) is 0. The Morgan fingerprint density at radius 1 is 1.41 bits per heavy atom. The van der Waals surface area contributed by atoms with Gasteiger partial charge in [-0.15, -0.1) is 6.58 Å². The van der Waals surface area contributed by atoms with Gasteiger partial charge in [0.1, 0.15) is 6.04 Å². The molecule has 0 radical (unpaired) electrons. The molecule has 0 aromatic heterocycles. The van der Waals surface area contributed by atoms with Crippen LogP contribution in [0.2, 0.25) is 0 Å². The summed E-state index contributed by atoms with van der Waals surface area (Å²) < 4.78 is 4.87. The van der Waals surface area contributed by atoms with Gasteiger partial charge in [0.2, 0.25) is 0 Å². The molecule has 1 aliphatic heterocycles. The van der Waals surface area contributed by atoms with E-state index >= 15 is 0 Å². The molecule has 0 aromatic carbocycles. The molecule has 0 N–H and O–H groups in total. The molecule has 0 bridgehead atoms. The van der Waals surface area contributed by atoms with E-state index in [9.17, 15) is 4.79 Å². The van der Waals surface area contributed by atoms with E-state index in [1.54, 1.807) is 0 Å². The van der Waals surface area contributed by atoms with Crippen LogP contribution in [0.5, 0.6) is 0 Å². The van der Waals surface area contributed by atoms with Gasteiger partial charge >= 0.3 is 5.97 Å². The third kappa shape index (κ3) is 4.90. The van der Waals surface area contributed by atoms with Crippen LogP contribution < -0.4 is 0 Å². The Morgan fingerprint density at radius 3 is 2.94 bits per heavy atom. The number of carbonyl (C=O) groups excluding carboxylic acids is 1. The number of rotatable bonds is 7. The van der Waals surface area contributed by atoms with Gasteiger partial charge in [-0.25, -0.2) is 0 Å². The monoisotopic (exact) mass is 239 g/mol. The van der Waals surface area contributed by atoms with Crippen molar-refractivity contribution in [3.05, 3.63) is 12.7 Å². The SMILES string of the molecule is C=CCCCCCN1CCCC[C@@H]1C(=O)OC. The van der Waals surface area contributed by atoms with Crippen molar-refractivity contribution < 1.29 is 9.53 Å². The van der Waals surface area contributed by atoms with Crippen LogP contribution in [0.1, 0.15) is 44.9 Å². The van der Waals surface area contributed by atoms with E-state index in [0.717, 1.165) is 32.4 Å². The predicted octanol–water partition coefficient (Wildman–Crippen LogP) is 2.76. The molecule has 98 valence electrons. The molecule has 0 aromatic rings. The van der Waals surface area contributed by atoms with Gasteiger partial charge in [0, 0.05) is 0 Å². The third-order valence-corrected chi connectivity index (χ3v) is 3.44. The van der Waals surface area contributed by atoms with Crippen LogP contribution in [-0.2, 0) is 9.53 Å². The first-order valence-electron chi connectivity index (χ1n) is 6.72. The zero-order valence-electron chi connectivity index (χ0n) is 11.0. The van der Waals surface area contributed by atoms with E-state index < -0.39 is 0 Å². The third-order valence-electron chi connectivity index (χ3n) is 3.44. The Kier molecular flexibility index (Phi) is 6.94. The maximum absolute atomic E-state index is 11.6. The first kappa shape index (κ1) is 14.2. The molecule has 0 aliphatic carbocycles. The summed E-state index contributed by atoms with van der Waals surface area (Å²) in [5, 5.41) is 0. The first-order chi connectivity index (χ1) is 8.29. The Labute approximate surface area is 105 Å². The number of unbranched alkanes of at least 4 members (excludes halogenated alkanes) is 3. The molecule has 1 saturated heterocycles. The molecule has 17 heavy (non-hydrogen) atoms. The fourth-order valence-electron chi connectivity index (χ4n) is 2.44. The fraction of sp³-hybridized carbons (Fsp3) is 0.786. The summed E-state index contributed by atoms with van der Waals surface area (Å²) in [7, 11) is 1.49. The van der Waals surface area contributed by atoms with Gasteiger partial charge in [-0.3, -0.25) is 9.69 Å². The molecule has 1 heterocycles. The lowest BCUT2D eigenvalue weighted by Crippen LogP contribution is -2.45. The van der Waals surface area contributed by atoms with Crippen molar-refractivity contribution in [3.8, 4) is 0 Å². The fourth-order valence-corrected chi connectivity index (χ4v) is 2.44. The number of esters is 1. The van der Waals surface area contributed by atoms with Gasteiger partial charge in [0.15, 0.2) is 0 Å². The molecular weight excluding hydrogens is 214 g/mol. The highest BCUT2D eigenvalue weighted by atomic mass is 16.5. The minimum atomic E-state index is -0.0595. The number of allylic oxidation sites excluding steroid dienone is 1. The molecule has 1 atom stereocenters. The average Bonchev–Trinajstić information content (AvgIpc) is 2.38. The molecule has 1 aliphatic rings. The van der Waals surface area contributed by atoms with Gasteiger partial charge in [0.05, 0.1) is 7.11 Å². The summed E-state index contributed by atoms with van der Waals surface area (Å²) in [6, 6.07) is 0.00755. The molecule has 3 heteroatoms. The standard InChI is InChI=1S/C14H25NO2/c1-3-4-5-6-8-11-15-12-9-7-10-13(15)14(16)17-2/h3,13H,1,4-12H2,2H3/t13-/m1/s1. The number of piperidine rings is 1. The number of likely N-dealkylation sites (tertiary alicyclic amines) is 1. The zero-order valence-corrected chi connectivity index (χ0v) is 11.0. The minimum Gasteiger partial charge on any atom is -0.468 e. The number of hydrogen-bond acceptors (Lipinski definition) is 3. The normalized spacial score (nSPS) is 21.1. The van der Waals surface area contributed by atoms with Crippen LogP contribution in [0, 0.1) is 0 Å². The smallest absolute Gasteiger partial charge is 0.323 e. The molecule has 0 saturated carbocycles. The van der Waals surface area contributed by atoms with Crippen molar-refractivity contribution >= 4 is 5.97 Å². The summed E-state index contributed by atoms with van der Waals surface area (Å²) in [6.45, 7) is 5.79. The van der Waals surface area contributed by atoms with E-state index in [4.69, 9.17) is 4.74 Å². The molecule has 0 amide bonds. The second-order valence-corrected chi connectivity index (χ2v) is 4.71. The van der Waals surface area contributed by atoms with Crippen molar-refractivity contribution in [3.63, 3.8) is 0 Å². The van der Waals surface area contributed by atoms with Gasteiger partial charge < -0.3 is 4.74 Å². The van der Waals surface area contributed by atoms with Crippen LogP contribution in [0.15, 0.2) is 12.7 Å². The second kappa shape index (κ2) is 8.29. The Bertz CT molecular complexity index is 240. The lowest BCUT2D eigenvalue weighted by Gasteiger charge is -2.33. The maximum atomic E-state index is 11.6. The molecule has 1 fully saturated rings. The van der Waals surface area contributed by atoms with E-state index in [1.807, 2.05) is 6.08 Å². The van der Waals surface area contributed by atoms with Crippen molar-refractivity contribution in [2.24, 2.45) is 0 Å². The van der Waals surface area contributed by atoms with Gasteiger partial charge in [-0.05, 0) is 45.2 Å². The lowest BCUT2D eigenvalue weighted by molar-refractivity contribution is -0.148. The highest BCUT2D eigenvalue weighted by molar-refractivity contribution is 5.75. The Balaban J connectivity index is 2.27. The van der Waals surface area contributed by atoms with E-state index in [2.05, 4.69) is 11.5 Å². The lowest BCUT2D eigenvalue weighted by atomic mass is 10.0. The van der Waals surface area contributed by atoms with Crippen molar-refractivity contribution in [1.29, 1.82) is 0 Å². The zero-order chi connectivity index (χ0) is 12.5. The van der Waals surface area contributed by atoms with Crippen LogP contribution in [0.4, 0.5) is 0 Å². The summed E-state index contributed by atoms with van der Waals surface area (Å²) in [5.41, 5.74) is 0. The number of ether oxygens (including phenoxy) is 1. The van der Waals surface area contributed by atoms with Crippen molar-refractivity contribution in [1.82, 2.24) is 4.90 Å². The number of methoxy groups -OCH3 is 1. The van der Waals surface area contributed by atoms with Crippen LogP contribution in [0.25, 0.3) is 0 Å².